The molecule has 0 saturated carbocycles. The minimum absolute atomic E-state index is 0.00386. The van der Waals surface area contributed by atoms with Gasteiger partial charge in [-0.05, 0) is 17.7 Å². The van der Waals surface area contributed by atoms with Crippen molar-refractivity contribution in [3.05, 3.63) is 47.8 Å². The van der Waals surface area contributed by atoms with Crippen LogP contribution in [0.1, 0.15) is 18.0 Å². The SMILES string of the molecule is C=CCC(=O)N1C(CO)COCC1c1cc(F)c(F)c(F)c1. The first-order valence-electron chi connectivity index (χ1n) is 6.74. The number of rotatable bonds is 4. The number of hydrogen-bond donors (Lipinski definition) is 1. The maximum absolute atomic E-state index is 13.4. The summed E-state index contributed by atoms with van der Waals surface area (Å²) in [6, 6.07) is 0.228. The number of hydrogen-bond acceptors (Lipinski definition) is 3. The molecule has 0 aromatic heterocycles. The van der Waals surface area contributed by atoms with E-state index in [0.29, 0.717) is 0 Å². The van der Waals surface area contributed by atoms with Crippen molar-refractivity contribution in [2.24, 2.45) is 0 Å². The topological polar surface area (TPSA) is 49.8 Å². The van der Waals surface area contributed by atoms with Crippen LogP contribution in [0.4, 0.5) is 13.2 Å². The molecule has 1 aliphatic heterocycles. The van der Waals surface area contributed by atoms with Gasteiger partial charge >= 0.3 is 0 Å². The molecular weight excluding hydrogens is 299 g/mol. The highest BCUT2D eigenvalue weighted by Gasteiger charge is 2.35. The quantitative estimate of drug-likeness (QED) is 0.682. The van der Waals surface area contributed by atoms with E-state index in [2.05, 4.69) is 6.58 Å². The number of morpholine rings is 1. The molecule has 0 bridgehead atoms. The molecule has 7 heteroatoms. The van der Waals surface area contributed by atoms with Crippen LogP contribution in [0.15, 0.2) is 24.8 Å². The van der Waals surface area contributed by atoms with Gasteiger partial charge in [0.25, 0.3) is 0 Å². The molecule has 1 aromatic rings. The number of amides is 1. The normalized spacial score (nSPS) is 21.7. The summed E-state index contributed by atoms with van der Waals surface area (Å²) in [5, 5.41) is 9.39. The lowest BCUT2D eigenvalue weighted by molar-refractivity contribution is -0.148. The molecule has 0 radical (unpaired) electrons. The van der Waals surface area contributed by atoms with Crippen molar-refractivity contribution in [2.75, 3.05) is 19.8 Å². The zero-order valence-electron chi connectivity index (χ0n) is 11.8. The molecule has 0 aliphatic carbocycles. The van der Waals surface area contributed by atoms with Crippen molar-refractivity contribution in [1.82, 2.24) is 4.90 Å². The summed E-state index contributed by atoms with van der Waals surface area (Å²) >= 11 is 0. The van der Waals surface area contributed by atoms with Gasteiger partial charge < -0.3 is 14.7 Å². The minimum Gasteiger partial charge on any atom is -0.394 e. The fourth-order valence-electron chi connectivity index (χ4n) is 2.50. The molecule has 1 amide bonds. The Bertz CT molecular complexity index is 556. The summed E-state index contributed by atoms with van der Waals surface area (Å²) in [5.41, 5.74) is 0.0759. The highest BCUT2D eigenvalue weighted by Crippen LogP contribution is 2.30. The third kappa shape index (κ3) is 3.15. The molecule has 0 spiro atoms. The summed E-state index contributed by atoms with van der Waals surface area (Å²) < 4.78 is 45.2. The van der Waals surface area contributed by atoms with Crippen LogP contribution in [0.3, 0.4) is 0 Å². The number of carbonyl (C=O) groups is 1. The van der Waals surface area contributed by atoms with E-state index >= 15 is 0 Å². The minimum atomic E-state index is -1.57. The van der Waals surface area contributed by atoms with Gasteiger partial charge in [0.1, 0.15) is 0 Å². The fraction of sp³-hybridized carbons (Fsp3) is 0.400. The Hall–Kier alpha value is -1.86. The van der Waals surface area contributed by atoms with Crippen molar-refractivity contribution in [3.8, 4) is 0 Å². The molecule has 1 saturated heterocycles. The van der Waals surface area contributed by atoms with E-state index in [4.69, 9.17) is 4.74 Å². The highest BCUT2D eigenvalue weighted by atomic mass is 19.2. The Kier molecular flexibility index (Phi) is 5.20. The number of aliphatic hydroxyl groups is 1. The van der Waals surface area contributed by atoms with Crippen molar-refractivity contribution < 1.29 is 27.8 Å². The number of halogens is 3. The Morgan fingerprint density at radius 1 is 1.36 bits per heavy atom. The van der Waals surface area contributed by atoms with Crippen molar-refractivity contribution in [3.63, 3.8) is 0 Å². The third-order valence-corrected chi connectivity index (χ3v) is 3.52. The van der Waals surface area contributed by atoms with Gasteiger partial charge in [0, 0.05) is 6.42 Å². The van der Waals surface area contributed by atoms with Crippen LogP contribution >= 0.6 is 0 Å². The van der Waals surface area contributed by atoms with Gasteiger partial charge in [-0.1, -0.05) is 6.08 Å². The van der Waals surface area contributed by atoms with Gasteiger partial charge in [-0.3, -0.25) is 4.79 Å². The summed E-state index contributed by atoms with van der Waals surface area (Å²) in [6.07, 6.45) is 1.41. The largest absolute Gasteiger partial charge is 0.394 e. The average Bonchev–Trinajstić information content (AvgIpc) is 2.51. The van der Waals surface area contributed by atoms with Crippen LogP contribution in [0.25, 0.3) is 0 Å². The van der Waals surface area contributed by atoms with Crippen LogP contribution < -0.4 is 0 Å². The third-order valence-electron chi connectivity index (χ3n) is 3.52. The monoisotopic (exact) mass is 315 g/mol. The predicted octanol–water partition coefficient (Wildman–Crippen LogP) is 1.94. The van der Waals surface area contributed by atoms with E-state index in [1.54, 1.807) is 0 Å². The molecule has 1 aromatic carbocycles. The molecule has 1 aliphatic rings. The van der Waals surface area contributed by atoms with E-state index in [1.807, 2.05) is 0 Å². The molecule has 1 heterocycles. The Morgan fingerprint density at radius 3 is 2.55 bits per heavy atom. The number of aliphatic hydroxyl groups excluding tert-OH is 1. The van der Waals surface area contributed by atoms with Gasteiger partial charge in [0.05, 0.1) is 31.9 Å². The Morgan fingerprint density at radius 2 is 2.00 bits per heavy atom. The summed E-state index contributed by atoms with van der Waals surface area (Å²) in [7, 11) is 0. The van der Waals surface area contributed by atoms with E-state index in [9.17, 15) is 23.1 Å². The van der Waals surface area contributed by atoms with Crippen LogP contribution in [-0.2, 0) is 9.53 Å². The summed E-state index contributed by atoms with van der Waals surface area (Å²) in [5.74, 6) is -4.59. The molecule has 1 fully saturated rings. The lowest BCUT2D eigenvalue weighted by Gasteiger charge is -2.41. The second-order valence-corrected chi connectivity index (χ2v) is 4.98. The first kappa shape index (κ1) is 16.5. The van der Waals surface area contributed by atoms with Gasteiger partial charge in [0.2, 0.25) is 5.91 Å². The van der Waals surface area contributed by atoms with E-state index in [0.717, 1.165) is 12.1 Å². The first-order valence-corrected chi connectivity index (χ1v) is 6.74. The standard InChI is InChI=1S/C15H16F3NO3/c1-2-3-14(21)19-10(6-20)7-22-8-13(19)9-4-11(16)15(18)12(17)5-9/h2,4-5,10,13,20H,1,3,6-8H2. The first-order chi connectivity index (χ1) is 10.5. The van der Waals surface area contributed by atoms with Crippen LogP contribution in [0.2, 0.25) is 0 Å². The van der Waals surface area contributed by atoms with Gasteiger partial charge in [-0.25, -0.2) is 13.2 Å². The van der Waals surface area contributed by atoms with Gasteiger partial charge in [-0.2, -0.15) is 0 Å². The molecule has 2 unspecified atom stereocenters. The lowest BCUT2D eigenvalue weighted by Crippen LogP contribution is -2.52. The molecule has 2 atom stereocenters. The van der Waals surface area contributed by atoms with E-state index < -0.39 is 29.5 Å². The van der Waals surface area contributed by atoms with Crippen LogP contribution in [0, 0.1) is 17.5 Å². The average molecular weight is 315 g/mol. The zero-order valence-corrected chi connectivity index (χ0v) is 11.8. The van der Waals surface area contributed by atoms with Crippen molar-refractivity contribution >= 4 is 5.91 Å². The summed E-state index contributed by atoms with van der Waals surface area (Å²) in [4.78, 5) is 13.5. The smallest absolute Gasteiger partial charge is 0.227 e. The molecule has 1 N–H and O–H groups in total. The van der Waals surface area contributed by atoms with Gasteiger partial charge in [-0.15, -0.1) is 6.58 Å². The van der Waals surface area contributed by atoms with Crippen LogP contribution in [0.5, 0.6) is 0 Å². The molecule has 22 heavy (non-hydrogen) atoms. The second kappa shape index (κ2) is 6.93. The van der Waals surface area contributed by atoms with Crippen molar-refractivity contribution in [1.29, 1.82) is 0 Å². The number of carbonyl (C=O) groups excluding carboxylic acids is 1. The summed E-state index contributed by atoms with van der Waals surface area (Å²) in [6.45, 7) is 3.23. The molecule has 2 rings (SSSR count). The maximum atomic E-state index is 13.4. The Labute approximate surface area is 125 Å². The maximum Gasteiger partial charge on any atom is 0.227 e. The molecule has 4 nitrogen and oxygen atoms in total. The second-order valence-electron chi connectivity index (χ2n) is 4.98. The zero-order chi connectivity index (χ0) is 16.3. The van der Waals surface area contributed by atoms with E-state index in [1.165, 1.54) is 11.0 Å². The van der Waals surface area contributed by atoms with Gasteiger partial charge in [0.15, 0.2) is 17.5 Å². The fourth-order valence-corrected chi connectivity index (χ4v) is 2.50. The number of nitrogens with zero attached hydrogens (tertiary/aromatic N) is 1. The van der Waals surface area contributed by atoms with Crippen molar-refractivity contribution in [2.45, 2.75) is 18.5 Å². The van der Waals surface area contributed by atoms with Crippen LogP contribution in [-0.4, -0.2) is 41.8 Å². The number of ether oxygens (including phenoxy) is 1. The predicted molar refractivity (Wildman–Crippen MR) is 72.4 cm³/mol. The molecular formula is C15H16F3NO3. The van der Waals surface area contributed by atoms with E-state index in [-0.39, 0.29) is 37.7 Å². The Balaban J connectivity index is 2.41. The highest BCUT2D eigenvalue weighted by molar-refractivity contribution is 5.78. The molecule has 120 valence electrons. The number of benzene rings is 1. The lowest BCUT2D eigenvalue weighted by atomic mass is 10.0.